The minimum absolute atomic E-state index is 0.000550. The van der Waals surface area contributed by atoms with E-state index in [2.05, 4.69) is 5.32 Å². The van der Waals surface area contributed by atoms with Crippen molar-refractivity contribution in [3.63, 3.8) is 0 Å². The van der Waals surface area contributed by atoms with Crippen molar-refractivity contribution in [2.75, 3.05) is 6.54 Å². The molecule has 1 amide bonds. The van der Waals surface area contributed by atoms with Crippen LogP contribution < -0.4 is 5.32 Å². The van der Waals surface area contributed by atoms with Crippen LogP contribution in [0.3, 0.4) is 0 Å². The first-order chi connectivity index (χ1) is 11.9. The first-order valence-electron chi connectivity index (χ1n) is 8.55. The van der Waals surface area contributed by atoms with Gasteiger partial charge in [-0.3, -0.25) is 4.79 Å². The molecule has 7 heteroatoms. The Morgan fingerprint density at radius 1 is 1.15 bits per heavy atom. The number of amides is 1. The number of carboxylic acid groups (broad SMARTS) is 1. The number of carbonyl (C=O) groups excluding carboxylic acids is 1. The van der Waals surface area contributed by atoms with Crippen LogP contribution in [-0.4, -0.2) is 29.3 Å². The van der Waals surface area contributed by atoms with Gasteiger partial charge in [-0.15, -0.1) is 0 Å². The molecule has 0 aliphatic heterocycles. The van der Waals surface area contributed by atoms with Crippen LogP contribution in [0.1, 0.15) is 52.5 Å². The van der Waals surface area contributed by atoms with Crippen LogP contribution in [0.25, 0.3) is 0 Å². The number of alkyl halides is 2. The molecule has 0 aliphatic carbocycles. The average Bonchev–Trinajstić information content (AvgIpc) is 2.51. The smallest absolute Gasteiger partial charge is 0.407 e. The summed E-state index contributed by atoms with van der Waals surface area (Å²) < 4.78 is 34.5. The fourth-order valence-corrected chi connectivity index (χ4v) is 2.74. The highest BCUT2D eigenvalue weighted by Crippen LogP contribution is 2.42. The van der Waals surface area contributed by atoms with Crippen LogP contribution in [0, 0.1) is 5.41 Å². The van der Waals surface area contributed by atoms with Crippen molar-refractivity contribution in [1.29, 1.82) is 0 Å². The molecule has 1 aromatic rings. The van der Waals surface area contributed by atoms with Crippen LogP contribution in [0.5, 0.6) is 0 Å². The molecule has 146 valence electrons. The van der Waals surface area contributed by atoms with Crippen molar-refractivity contribution >= 4 is 12.1 Å². The third-order valence-electron chi connectivity index (χ3n) is 3.91. The maximum atomic E-state index is 14.7. The molecule has 0 spiro atoms. The van der Waals surface area contributed by atoms with Gasteiger partial charge < -0.3 is 15.2 Å². The van der Waals surface area contributed by atoms with E-state index in [4.69, 9.17) is 4.74 Å². The van der Waals surface area contributed by atoms with E-state index in [1.165, 1.54) is 24.3 Å². The van der Waals surface area contributed by atoms with Crippen LogP contribution in [0.15, 0.2) is 30.3 Å². The largest absolute Gasteiger partial charge is 0.481 e. The minimum Gasteiger partial charge on any atom is -0.481 e. The summed E-state index contributed by atoms with van der Waals surface area (Å²) in [6, 6.07) is 7.09. The number of aliphatic carboxylic acids is 1. The number of hydrogen-bond donors (Lipinski definition) is 2. The Morgan fingerprint density at radius 2 is 1.73 bits per heavy atom. The third-order valence-corrected chi connectivity index (χ3v) is 3.91. The van der Waals surface area contributed by atoms with Gasteiger partial charge >= 0.3 is 12.1 Å². The molecule has 0 aliphatic rings. The van der Waals surface area contributed by atoms with Crippen molar-refractivity contribution < 1.29 is 28.2 Å². The van der Waals surface area contributed by atoms with Gasteiger partial charge in [0.2, 0.25) is 0 Å². The molecular weight excluding hydrogens is 344 g/mol. The average molecular weight is 371 g/mol. The number of hydrogen-bond acceptors (Lipinski definition) is 3. The number of rotatable bonds is 8. The Morgan fingerprint density at radius 3 is 2.19 bits per heavy atom. The predicted octanol–water partition coefficient (Wildman–Crippen LogP) is 4.56. The summed E-state index contributed by atoms with van der Waals surface area (Å²) in [6.07, 6.45) is -1.36. The molecule has 0 saturated carbocycles. The van der Waals surface area contributed by atoms with E-state index < -0.39 is 42.0 Å². The quantitative estimate of drug-likeness (QED) is 0.702. The highest BCUT2D eigenvalue weighted by Gasteiger charge is 2.48. The molecule has 1 aromatic carbocycles. The van der Waals surface area contributed by atoms with Gasteiger partial charge in [0, 0.05) is 18.5 Å². The van der Waals surface area contributed by atoms with E-state index >= 15 is 0 Å². The molecule has 1 rings (SSSR count). The summed E-state index contributed by atoms with van der Waals surface area (Å²) >= 11 is 0. The van der Waals surface area contributed by atoms with Crippen LogP contribution >= 0.6 is 0 Å². The molecule has 1 unspecified atom stereocenters. The first-order valence-corrected chi connectivity index (χ1v) is 8.55. The second-order valence-electron chi connectivity index (χ2n) is 7.44. The fraction of sp³-hybridized carbons (Fsp3) is 0.579. The van der Waals surface area contributed by atoms with Gasteiger partial charge in [0.25, 0.3) is 5.92 Å². The molecule has 5 nitrogen and oxygen atoms in total. The maximum Gasteiger partial charge on any atom is 0.407 e. The zero-order chi connectivity index (χ0) is 20.0. The fourth-order valence-electron chi connectivity index (χ4n) is 2.74. The molecule has 2 N–H and O–H groups in total. The van der Waals surface area contributed by atoms with Crippen LogP contribution in [0.2, 0.25) is 0 Å². The highest BCUT2D eigenvalue weighted by molar-refractivity contribution is 5.76. The molecular formula is C19H27F2NO4. The number of carbonyl (C=O) groups is 2. The van der Waals surface area contributed by atoms with E-state index in [0.29, 0.717) is 6.42 Å². The standard InChI is InChI=1S/C19H27F2NO4/c1-5-11-18(15(23)24,13-22-16(25)26-17(2,3)4)12-19(20,21)14-9-7-6-8-10-14/h6-10H,5,11-13H2,1-4H3,(H,22,25)(H,23,24). The number of alkyl carbamates (subject to hydrolysis) is 1. The molecule has 1 atom stereocenters. The topological polar surface area (TPSA) is 75.6 Å². The zero-order valence-electron chi connectivity index (χ0n) is 15.6. The molecule has 0 aromatic heterocycles. The Labute approximate surface area is 152 Å². The molecule has 0 radical (unpaired) electrons. The van der Waals surface area contributed by atoms with E-state index in [1.807, 2.05) is 0 Å². The van der Waals surface area contributed by atoms with Gasteiger partial charge in [0.1, 0.15) is 5.60 Å². The SMILES string of the molecule is CCCC(CNC(=O)OC(C)(C)C)(CC(F)(F)c1ccccc1)C(=O)O. The summed E-state index contributed by atoms with van der Waals surface area (Å²) in [5.74, 6) is -4.71. The minimum atomic E-state index is -3.34. The van der Waals surface area contributed by atoms with Gasteiger partial charge in [-0.05, 0) is 27.2 Å². The van der Waals surface area contributed by atoms with Crippen molar-refractivity contribution in [3.8, 4) is 0 Å². The van der Waals surface area contributed by atoms with Crippen molar-refractivity contribution in [1.82, 2.24) is 5.32 Å². The summed E-state index contributed by atoms with van der Waals surface area (Å²) in [5.41, 5.74) is -2.82. The molecule has 0 saturated heterocycles. The summed E-state index contributed by atoms with van der Waals surface area (Å²) in [7, 11) is 0. The number of ether oxygens (including phenoxy) is 1. The lowest BCUT2D eigenvalue weighted by atomic mass is 9.76. The van der Waals surface area contributed by atoms with Crippen LogP contribution in [-0.2, 0) is 15.5 Å². The zero-order valence-corrected chi connectivity index (χ0v) is 15.6. The van der Waals surface area contributed by atoms with Gasteiger partial charge in [0.15, 0.2) is 0 Å². The lowest BCUT2D eigenvalue weighted by Crippen LogP contribution is -2.47. The third kappa shape index (κ3) is 6.28. The normalized spacial score (nSPS) is 14.4. The molecule has 0 fully saturated rings. The second kappa shape index (κ2) is 8.47. The van der Waals surface area contributed by atoms with Gasteiger partial charge in [-0.1, -0.05) is 43.7 Å². The predicted molar refractivity (Wildman–Crippen MR) is 94.2 cm³/mol. The van der Waals surface area contributed by atoms with E-state index in [-0.39, 0.29) is 12.0 Å². The Kier molecular flexibility index (Phi) is 7.12. The Bertz CT molecular complexity index is 614. The Hall–Kier alpha value is -2.18. The lowest BCUT2D eigenvalue weighted by molar-refractivity contribution is -0.156. The first kappa shape index (κ1) is 21.9. The van der Waals surface area contributed by atoms with E-state index in [1.54, 1.807) is 33.8 Å². The van der Waals surface area contributed by atoms with E-state index in [9.17, 15) is 23.5 Å². The van der Waals surface area contributed by atoms with E-state index in [0.717, 1.165) is 0 Å². The van der Waals surface area contributed by atoms with Gasteiger partial charge in [-0.25, -0.2) is 13.6 Å². The molecule has 0 heterocycles. The summed E-state index contributed by atoms with van der Waals surface area (Å²) in [4.78, 5) is 23.7. The molecule has 0 bridgehead atoms. The number of halogens is 2. The molecule has 26 heavy (non-hydrogen) atoms. The summed E-state index contributed by atoms with van der Waals surface area (Å²) in [6.45, 7) is 6.26. The van der Waals surface area contributed by atoms with Crippen LogP contribution in [0.4, 0.5) is 13.6 Å². The maximum absolute atomic E-state index is 14.7. The van der Waals surface area contributed by atoms with Crippen molar-refractivity contribution in [2.24, 2.45) is 5.41 Å². The lowest BCUT2D eigenvalue weighted by Gasteiger charge is -2.33. The Balaban J connectivity index is 3.03. The highest BCUT2D eigenvalue weighted by atomic mass is 19.3. The van der Waals surface area contributed by atoms with Gasteiger partial charge in [-0.2, -0.15) is 0 Å². The van der Waals surface area contributed by atoms with Gasteiger partial charge in [0.05, 0.1) is 5.41 Å². The second-order valence-corrected chi connectivity index (χ2v) is 7.44. The number of carboxylic acids is 1. The number of benzene rings is 1. The monoisotopic (exact) mass is 371 g/mol. The number of nitrogens with one attached hydrogen (secondary N) is 1. The summed E-state index contributed by atoms with van der Waals surface area (Å²) in [5, 5.41) is 12.0. The van der Waals surface area contributed by atoms with Crippen molar-refractivity contribution in [2.45, 2.75) is 58.5 Å². The van der Waals surface area contributed by atoms with Crippen molar-refractivity contribution in [3.05, 3.63) is 35.9 Å².